The SMILES string of the molecule is CCOC(=O)c1cccc(N)c1NCCOCCN(C)C. The molecule has 21 heavy (non-hydrogen) atoms. The second-order valence-corrected chi connectivity index (χ2v) is 4.83. The molecule has 6 heteroatoms. The summed E-state index contributed by atoms with van der Waals surface area (Å²) in [7, 11) is 4.00. The highest BCUT2D eigenvalue weighted by atomic mass is 16.5. The van der Waals surface area contributed by atoms with Crippen LogP contribution < -0.4 is 11.1 Å². The molecule has 0 heterocycles. The number of para-hydroxylation sites is 1. The Kier molecular flexibility index (Phi) is 7.56. The van der Waals surface area contributed by atoms with Gasteiger partial charge in [0.25, 0.3) is 0 Å². The summed E-state index contributed by atoms with van der Waals surface area (Å²) < 4.78 is 10.5. The van der Waals surface area contributed by atoms with E-state index in [0.29, 0.717) is 43.3 Å². The molecule has 0 amide bonds. The second-order valence-electron chi connectivity index (χ2n) is 4.83. The van der Waals surface area contributed by atoms with E-state index in [1.54, 1.807) is 25.1 Å². The predicted molar refractivity (Wildman–Crippen MR) is 84.7 cm³/mol. The number of rotatable bonds is 9. The quantitative estimate of drug-likeness (QED) is 0.408. The lowest BCUT2D eigenvalue weighted by Crippen LogP contribution is -2.20. The molecular formula is C15H25N3O3. The monoisotopic (exact) mass is 295 g/mol. The first kappa shape index (κ1) is 17.3. The molecule has 3 N–H and O–H groups in total. The molecule has 0 aliphatic rings. The number of anilines is 2. The molecule has 0 radical (unpaired) electrons. The first-order chi connectivity index (χ1) is 10.1. The average molecular weight is 295 g/mol. The number of nitrogen functional groups attached to an aromatic ring is 1. The Bertz CT molecular complexity index is 450. The predicted octanol–water partition coefficient (Wildman–Crippen LogP) is 1.44. The fourth-order valence-corrected chi connectivity index (χ4v) is 1.74. The van der Waals surface area contributed by atoms with Gasteiger partial charge in [-0.15, -0.1) is 0 Å². The highest BCUT2D eigenvalue weighted by molar-refractivity contribution is 5.98. The van der Waals surface area contributed by atoms with Crippen LogP contribution >= 0.6 is 0 Å². The van der Waals surface area contributed by atoms with E-state index in [0.717, 1.165) is 6.54 Å². The molecular weight excluding hydrogens is 270 g/mol. The number of hydrogen-bond acceptors (Lipinski definition) is 6. The normalized spacial score (nSPS) is 10.7. The summed E-state index contributed by atoms with van der Waals surface area (Å²) in [5.41, 5.74) is 7.49. The van der Waals surface area contributed by atoms with Gasteiger partial charge in [0.2, 0.25) is 0 Å². The number of carbonyl (C=O) groups is 1. The molecule has 1 aromatic rings. The number of nitrogens with one attached hydrogen (secondary N) is 1. The van der Waals surface area contributed by atoms with E-state index in [9.17, 15) is 4.79 Å². The number of benzene rings is 1. The molecule has 1 aromatic carbocycles. The molecule has 0 aliphatic carbocycles. The Hall–Kier alpha value is -1.79. The van der Waals surface area contributed by atoms with E-state index >= 15 is 0 Å². The van der Waals surface area contributed by atoms with Crippen LogP contribution in [0.2, 0.25) is 0 Å². The van der Waals surface area contributed by atoms with Crippen molar-refractivity contribution in [1.82, 2.24) is 4.90 Å². The smallest absolute Gasteiger partial charge is 0.340 e. The number of carbonyl (C=O) groups excluding carboxylic acids is 1. The summed E-state index contributed by atoms with van der Waals surface area (Å²) in [6.07, 6.45) is 0. The first-order valence-corrected chi connectivity index (χ1v) is 7.08. The highest BCUT2D eigenvalue weighted by Gasteiger charge is 2.14. The van der Waals surface area contributed by atoms with Crippen molar-refractivity contribution >= 4 is 17.3 Å². The van der Waals surface area contributed by atoms with E-state index in [1.807, 2.05) is 14.1 Å². The largest absolute Gasteiger partial charge is 0.462 e. The Balaban J connectivity index is 2.52. The Morgan fingerprint density at radius 1 is 1.33 bits per heavy atom. The molecule has 0 aliphatic heterocycles. The van der Waals surface area contributed by atoms with E-state index in [4.69, 9.17) is 15.2 Å². The standard InChI is InChI=1S/C15H25N3O3/c1-4-21-15(19)12-6-5-7-13(16)14(12)17-8-10-20-11-9-18(2)3/h5-7,17H,4,8-11,16H2,1-3H3. The van der Waals surface area contributed by atoms with Crippen LogP contribution in [0.4, 0.5) is 11.4 Å². The number of nitrogens with two attached hydrogens (primary N) is 1. The first-order valence-electron chi connectivity index (χ1n) is 7.08. The lowest BCUT2D eigenvalue weighted by Gasteiger charge is -2.14. The lowest BCUT2D eigenvalue weighted by atomic mass is 10.1. The van der Waals surface area contributed by atoms with Gasteiger partial charge >= 0.3 is 5.97 Å². The number of ether oxygens (including phenoxy) is 2. The van der Waals surface area contributed by atoms with Crippen molar-refractivity contribution in [1.29, 1.82) is 0 Å². The maximum Gasteiger partial charge on any atom is 0.340 e. The van der Waals surface area contributed by atoms with Crippen LogP contribution in [0.1, 0.15) is 17.3 Å². The average Bonchev–Trinajstić information content (AvgIpc) is 2.43. The topological polar surface area (TPSA) is 76.8 Å². The summed E-state index contributed by atoms with van der Waals surface area (Å²) in [6, 6.07) is 5.18. The minimum atomic E-state index is -0.374. The zero-order chi connectivity index (χ0) is 15.7. The van der Waals surface area contributed by atoms with Crippen LogP contribution in [0.5, 0.6) is 0 Å². The summed E-state index contributed by atoms with van der Waals surface area (Å²) in [5.74, 6) is -0.374. The van der Waals surface area contributed by atoms with Crippen molar-refractivity contribution < 1.29 is 14.3 Å². The van der Waals surface area contributed by atoms with Gasteiger partial charge in [0, 0.05) is 13.1 Å². The van der Waals surface area contributed by atoms with Crippen molar-refractivity contribution in [3.8, 4) is 0 Å². The Labute approximate surface area is 126 Å². The minimum Gasteiger partial charge on any atom is -0.462 e. The van der Waals surface area contributed by atoms with Gasteiger partial charge in [-0.3, -0.25) is 0 Å². The molecule has 0 aromatic heterocycles. The summed E-state index contributed by atoms with van der Waals surface area (Å²) in [6.45, 7) is 4.78. The van der Waals surface area contributed by atoms with E-state index in [2.05, 4.69) is 10.2 Å². The Morgan fingerprint density at radius 2 is 2.10 bits per heavy atom. The molecule has 0 atom stereocenters. The maximum atomic E-state index is 11.9. The zero-order valence-electron chi connectivity index (χ0n) is 13.0. The molecule has 0 fully saturated rings. The summed E-state index contributed by atoms with van der Waals surface area (Å²) >= 11 is 0. The summed E-state index contributed by atoms with van der Waals surface area (Å²) in [4.78, 5) is 13.9. The number of likely N-dealkylation sites (N-methyl/N-ethyl adjacent to an activating group) is 1. The molecule has 1 rings (SSSR count). The molecule has 0 unspecified atom stereocenters. The minimum absolute atomic E-state index is 0.334. The fraction of sp³-hybridized carbons (Fsp3) is 0.533. The van der Waals surface area contributed by atoms with Gasteiger partial charge in [0.15, 0.2) is 0 Å². The highest BCUT2D eigenvalue weighted by Crippen LogP contribution is 2.24. The van der Waals surface area contributed by atoms with Gasteiger partial charge < -0.3 is 25.4 Å². The van der Waals surface area contributed by atoms with E-state index in [-0.39, 0.29) is 5.97 Å². The number of hydrogen-bond donors (Lipinski definition) is 2. The third-order valence-electron chi connectivity index (χ3n) is 2.82. The maximum absolute atomic E-state index is 11.9. The molecule has 6 nitrogen and oxygen atoms in total. The van der Waals surface area contributed by atoms with Gasteiger partial charge in [0.05, 0.1) is 36.8 Å². The van der Waals surface area contributed by atoms with Crippen LogP contribution in [0.3, 0.4) is 0 Å². The second kappa shape index (κ2) is 9.20. The van der Waals surface area contributed by atoms with Gasteiger partial charge in [-0.05, 0) is 33.2 Å². The van der Waals surface area contributed by atoms with Crippen LogP contribution in [0.15, 0.2) is 18.2 Å². The van der Waals surface area contributed by atoms with Crippen LogP contribution in [-0.4, -0.2) is 57.9 Å². The molecule has 0 bridgehead atoms. The van der Waals surface area contributed by atoms with Crippen molar-refractivity contribution in [3.63, 3.8) is 0 Å². The third-order valence-corrected chi connectivity index (χ3v) is 2.82. The van der Waals surface area contributed by atoms with Gasteiger partial charge in [-0.2, -0.15) is 0 Å². The zero-order valence-corrected chi connectivity index (χ0v) is 13.0. The molecule has 118 valence electrons. The van der Waals surface area contributed by atoms with Crippen LogP contribution in [-0.2, 0) is 9.47 Å². The van der Waals surface area contributed by atoms with E-state index < -0.39 is 0 Å². The van der Waals surface area contributed by atoms with Crippen molar-refractivity contribution in [2.24, 2.45) is 0 Å². The molecule has 0 spiro atoms. The van der Waals surface area contributed by atoms with Gasteiger partial charge in [-0.1, -0.05) is 6.07 Å². The Morgan fingerprint density at radius 3 is 2.76 bits per heavy atom. The van der Waals surface area contributed by atoms with Crippen LogP contribution in [0, 0.1) is 0 Å². The van der Waals surface area contributed by atoms with Gasteiger partial charge in [-0.25, -0.2) is 4.79 Å². The van der Waals surface area contributed by atoms with Crippen LogP contribution in [0.25, 0.3) is 0 Å². The van der Waals surface area contributed by atoms with Crippen molar-refractivity contribution in [2.45, 2.75) is 6.92 Å². The molecule has 0 saturated heterocycles. The summed E-state index contributed by atoms with van der Waals surface area (Å²) in [5, 5.41) is 3.14. The third kappa shape index (κ3) is 6.01. The van der Waals surface area contributed by atoms with E-state index in [1.165, 1.54) is 0 Å². The number of nitrogens with zero attached hydrogens (tertiary/aromatic N) is 1. The molecule has 0 saturated carbocycles. The van der Waals surface area contributed by atoms with Gasteiger partial charge in [0.1, 0.15) is 0 Å². The van der Waals surface area contributed by atoms with Crippen molar-refractivity contribution in [3.05, 3.63) is 23.8 Å². The van der Waals surface area contributed by atoms with Crippen molar-refractivity contribution in [2.75, 3.05) is 58.1 Å². The number of esters is 1. The lowest BCUT2D eigenvalue weighted by molar-refractivity contribution is 0.0527. The fourth-order valence-electron chi connectivity index (χ4n) is 1.74.